The highest BCUT2D eigenvalue weighted by Gasteiger charge is 2.25. The molecule has 1 aliphatic rings. The summed E-state index contributed by atoms with van der Waals surface area (Å²) in [6, 6.07) is 19.9. The number of aryl methyl sites for hydroxylation is 2. The molecule has 0 radical (unpaired) electrons. The van der Waals surface area contributed by atoms with E-state index in [4.69, 9.17) is 11.6 Å². The van der Waals surface area contributed by atoms with Crippen LogP contribution in [-0.4, -0.2) is 56.8 Å². The largest absolute Gasteiger partial charge is 0.336 e. The molecule has 1 amide bonds. The maximum atomic E-state index is 13.2. The molecule has 1 aliphatic heterocycles. The average Bonchev–Trinajstić information content (AvgIpc) is 2.87. The molecule has 0 unspecified atom stereocenters. The molecule has 1 saturated heterocycles. The number of nitrogens with zero attached hydrogens (tertiary/aromatic N) is 2. The third kappa shape index (κ3) is 6.35. The molecule has 188 valence electrons. The summed E-state index contributed by atoms with van der Waals surface area (Å²) in [5.74, 6) is -0.200. The highest BCUT2D eigenvalue weighted by molar-refractivity contribution is 7.92. The Bertz CT molecular complexity index is 1370. The number of halogens is 1. The lowest BCUT2D eigenvalue weighted by Gasteiger charge is -2.34. The summed E-state index contributed by atoms with van der Waals surface area (Å²) in [6.45, 7) is 7.33. The van der Waals surface area contributed by atoms with Gasteiger partial charge in [0.05, 0.1) is 5.02 Å². The zero-order chi connectivity index (χ0) is 25.7. The average molecular weight is 524 g/mol. The first kappa shape index (κ1) is 25.9. The molecule has 3 aromatic carbocycles. The Morgan fingerprint density at radius 3 is 2.36 bits per heavy atom. The molecule has 0 aliphatic carbocycles. The van der Waals surface area contributed by atoms with E-state index < -0.39 is 10.0 Å². The van der Waals surface area contributed by atoms with E-state index in [9.17, 15) is 13.2 Å². The minimum atomic E-state index is -3.97. The van der Waals surface area contributed by atoms with Gasteiger partial charge in [-0.2, -0.15) is 0 Å². The second-order valence-corrected chi connectivity index (χ2v) is 11.0. The van der Waals surface area contributed by atoms with Gasteiger partial charge in [-0.15, -0.1) is 0 Å². The lowest BCUT2D eigenvalue weighted by Crippen LogP contribution is -2.48. The summed E-state index contributed by atoms with van der Waals surface area (Å²) in [6.07, 6.45) is 4.23. The van der Waals surface area contributed by atoms with Crippen LogP contribution >= 0.6 is 11.6 Å². The monoisotopic (exact) mass is 523 g/mol. The lowest BCUT2D eigenvalue weighted by atomic mass is 10.1. The van der Waals surface area contributed by atoms with Crippen molar-refractivity contribution < 1.29 is 13.2 Å². The summed E-state index contributed by atoms with van der Waals surface area (Å²) >= 11 is 6.25. The number of carbonyl (C=O) groups excluding carboxylic acids is 1. The molecular formula is C28H30ClN3O3S. The molecule has 1 N–H and O–H groups in total. The SMILES string of the molecule is Cc1ccc(NS(=O)(=O)c2cc(C(=O)N3CCN(C/C=C/c4ccccc4)CC3)ccc2Cl)cc1C. The lowest BCUT2D eigenvalue weighted by molar-refractivity contribution is 0.0650. The standard InChI is InChI=1S/C28H30ClN3O3S/c1-21-10-12-25(19-22(21)2)30-36(34,35)27-20-24(11-13-26(27)29)28(33)32-17-15-31(16-18-32)14-6-9-23-7-4-3-5-8-23/h3-13,19-20,30H,14-18H2,1-2H3/b9-6+. The fraction of sp³-hybridized carbons (Fsp3) is 0.250. The van der Waals surface area contributed by atoms with Gasteiger partial charge in [0.25, 0.3) is 15.9 Å². The van der Waals surface area contributed by atoms with Crippen LogP contribution in [0.15, 0.2) is 77.7 Å². The van der Waals surface area contributed by atoms with Crippen molar-refractivity contribution in [1.29, 1.82) is 0 Å². The van der Waals surface area contributed by atoms with Crippen molar-refractivity contribution >= 4 is 39.3 Å². The van der Waals surface area contributed by atoms with Crippen molar-refractivity contribution in [3.63, 3.8) is 0 Å². The van der Waals surface area contributed by atoms with Gasteiger partial charge in [0.1, 0.15) is 4.90 Å². The Morgan fingerprint density at radius 1 is 0.944 bits per heavy atom. The van der Waals surface area contributed by atoms with Gasteiger partial charge in [0.2, 0.25) is 0 Å². The van der Waals surface area contributed by atoms with E-state index in [1.165, 1.54) is 12.1 Å². The maximum absolute atomic E-state index is 13.2. The summed E-state index contributed by atoms with van der Waals surface area (Å²) in [5.41, 5.74) is 3.95. The van der Waals surface area contributed by atoms with E-state index >= 15 is 0 Å². The predicted molar refractivity (Wildman–Crippen MR) is 146 cm³/mol. The van der Waals surface area contributed by atoms with Crippen LogP contribution in [0.3, 0.4) is 0 Å². The highest BCUT2D eigenvalue weighted by Crippen LogP contribution is 2.26. The van der Waals surface area contributed by atoms with E-state index in [1.807, 2.05) is 38.1 Å². The van der Waals surface area contributed by atoms with Crippen LogP contribution in [0.5, 0.6) is 0 Å². The van der Waals surface area contributed by atoms with Crippen LogP contribution in [0.25, 0.3) is 6.08 Å². The summed E-state index contributed by atoms with van der Waals surface area (Å²) in [7, 11) is -3.97. The normalized spacial score (nSPS) is 14.8. The van der Waals surface area contributed by atoms with Gasteiger partial charge < -0.3 is 4.90 Å². The Balaban J connectivity index is 1.40. The zero-order valence-corrected chi connectivity index (χ0v) is 22.0. The molecular weight excluding hydrogens is 494 g/mol. The Hall–Kier alpha value is -3.13. The van der Waals surface area contributed by atoms with Crippen molar-refractivity contribution in [2.45, 2.75) is 18.7 Å². The predicted octanol–water partition coefficient (Wildman–Crippen LogP) is 5.23. The minimum absolute atomic E-state index is 0.0675. The van der Waals surface area contributed by atoms with Gasteiger partial charge in [-0.25, -0.2) is 8.42 Å². The quantitative estimate of drug-likeness (QED) is 0.460. The molecule has 0 atom stereocenters. The smallest absolute Gasteiger partial charge is 0.263 e. The van der Waals surface area contributed by atoms with Crippen molar-refractivity contribution in [1.82, 2.24) is 9.80 Å². The molecule has 0 spiro atoms. The van der Waals surface area contributed by atoms with Crippen LogP contribution in [0, 0.1) is 13.8 Å². The highest BCUT2D eigenvalue weighted by atomic mass is 35.5. The molecule has 36 heavy (non-hydrogen) atoms. The third-order valence-electron chi connectivity index (χ3n) is 6.36. The number of sulfonamides is 1. The first-order valence-electron chi connectivity index (χ1n) is 11.9. The van der Waals surface area contributed by atoms with Gasteiger partial charge in [0, 0.05) is 44.0 Å². The Morgan fingerprint density at radius 2 is 1.67 bits per heavy atom. The molecule has 8 heteroatoms. The molecule has 0 saturated carbocycles. The van der Waals surface area contributed by atoms with Crippen LogP contribution in [0.1, 0.15) is 27.0 Å². The molecule has 0 aromatic heterocycles. The van der Waals surface area contributed by atoms with Crippen molar-refractivity contribution in [2.24, 2.45) is 0 Å². The fourth-order valence-electron chi connectivity index (χ4n) is 4.08. The van der Waals surface area contributed by atoms with E-state index in [-0.39, 0.29) is 15.8 Å². The van der Waals surface area contributed by atoms with Crippen molar-refractivity contribution in [2.75, 3.05) is 37.4 Å². The van der Waals surface area contributed by atoms with Crippen LogP contribution < -0.4 is 4.72 Å². The van der Waals surface area contributed by atoms with Gasteiger partial charge in [0.15, 0.2) is 0 Å². The van der Waals surface area contributed by atoms with E-state index in [1.54, 1.807) is 23.1 Å². The van der Waals surface area contributed by atoms with Crippen molar-refractivity contribution in [3.05, 3.63) is 100 Å². The van der Waals surface area contributed by atoms with Gasteiger partial charge in [-0.05, 0) is 60.9 Å². The van der Waals surface area contributed by atoms with Gasteiger partial charge in [-0.3, -0.25) is 14.4 Å². The molecule has 1 fully saturated rings. The van der Waals surface area contributed by atoms with E-state index in [2.05, 4.69) is 33.9 Å². The summed E-state index contributed by atoms with van der Waals surface area (Å²) in [4.78, 5) is 17.1. The number of anilines is 1. The zero-order valence-electron chi connectivity index (χ0n) is 20.4. The number of piperazine rings is 1. The number of hydrogen-bond acceptors (Lipinski definition) is 4. The van der Waals surface area contributed by atoms with Crippen molar-refractivity contribution in [3.8, 4) is 0 Å². The molecule has 0 bridgehead atoms. The number of amides is 1. The van der Waals surface area contributed by atoms with E-state index in [0.29, 0.717) is 24.3 Å². The minimum Gasteiger partial charge on any atom is -0.336 e. The molecule has 3 aromatic rings. The molecule has 1 heterocycles. The van der Waals surface area contributed by atoms with Crippen LogP contribution in [0.4, 0.5) is 5.69 Å². The first-order chi connectivity index (χ1) is 17.2. The fourth-order valence-corrected chi connectivity index (χ4v) is 5.65. The second-order valence-electron chi connectivity index (χ2n) is 8.96. The Labute approximate surface area is 218 Å². The maximum Gasteiger partial charge on any atom is 0.263 e. The third-order valence-corrected chi connectivity index (χ3v) is 8.22. The number of nitrogens with one attached hydrogen (secondary N) is 1. The van der Waals surface area contributed by atoms with Gasteiger partial charge in [-0.1, -0.05) is 60.2 Å². The van der Waals surface area contributed by atoms with Crippen LogP contribution in [-0.2, 0) is 10.0 Å². The van der Waals surface area contributed by atoms with Crippen LogP contribution in [0.2, 0.25) is 5.02 Å². The Kier molecular flexibility index (Phi) is 8.14. The second kappa shape index (κ2) is 11.3. The summed E-state index contributed by atoms with van der Waals surface area (Å²) < 4.78 is 28.7. The number of carbonyl (C=O) groups is 1. The first-order valence-corrected chi connectivity index (χ1v) is 13.7. The van der Waals surface area contributed by atoms with E-state index in [0.717, 1.165) is 36.3 Å². The number of benzene rings is 3. The summed E-state index contributed by atoms with van der Waals surface area (Å²) in [5, 5.41) is 0.0675. The molecule has 6 nitrogen and oxygen atoms in total. The topological polar surface area (TPSA) is 69.7 Å². The number of hydrogen-bond donors (Lipinski definition) is 1. The number of rotatable bonds is 7. The van der Waals surface area contributed by atoms with Gasteiger partial charge >= 0.3 is 0 Å². The molecule has 4 rings (SSSR count).